The molecule has 4 nitrogen and oxygen atoms in total. The third kappa shape index (κ3) is 2.23. The molecule has 0 aliphatic heterocycles. The van der Waals surface area contributed by atoms with Gasteiger partial charge in [0.2, 0.25) is 0 Å². The molecule has 0 aromatic rings. The lowest BCUT2D eigenvalue weighted by atomic mass is 11.1. The van der Waals surface area contributed by atoms with Gasteiger partial charge in [-0.2, -0.15) is 10.2 Å². The summed E-state index contributed by atoms with van der Waals surface area (Å²) in [6, 6.07) is 0. The first kappa shape index (κ1) is 7.84. The first-order chi connectivity index (χ1) is 3.55. The van der Waals surface area contributed by atoms with E-state index in [9.17, 15) is 0 Å². The normalized spacial score (nSPS) is 12.0. The fraction of sp³-hybridized carbons (Fsp3) is 1.00. The molecule has 0 amide bonds. The van der Waals surface area contributed by atoms with Gasteiger partial charge in [0.25, 0.3) is 0 Å². The summed E-state index contributed by atoms with van der Waals surface area (Å²) in [6.07, 6.45) is 0. The molecule has 0 radical (unpaired) electrons. The number of nitrogens with zero attached hydrogens (tertiary/aromatic N) is 3. The summed E-state index contributed by atoms with van der Waals surface area (Å²) in [5.74, 6) is 5.35. The van der Waals surface area contributed by atoms with Crippen LogP contribution in [-0.4, -0.2) is 43.4 Å². The minimum atomic E-state index is 1.50. The smallest absolute Gasteiger partial charge is 0.0192 e. The van der Waals surface area contributed by atoms with Gasteiger partial charge in [0.05, 0.1) is 0 Å². The SMILES string of the molecule is CN(C)N(C)N(C)N. The molecule has 0 unspecified atom stereocenters. The summed E-state index contributed by atoms with van der Waals surface area (Å²) in [7, 11) is 7.49. The molecule has 0 heterocycles. The molecule has 50 valence electrons. The third-order valence-corrected chi connectivity index (χ3v) is 1.04. The zero-order valence-electron chi connectivity index (χ0n) is 5.92. The van der Waals surface area contributed by atoms with E-state index in [-0.39, 0.29) is 0 Å². The van der Waals surface area contributed by atoms with Crippen LogP contribution in [-0.2, 0) is 0 Å². The van der Waals surface area contributed by atoms with Crippen LogP contribution in [0.25, 0.3) is 0 Å². The molecule has 0 aromatic heterocycles. The maximum atomic E-state index is 5.35. The summed E-state index contributed by atoms with van der Waals surface area (Å²) in [5.41, 5.74) is 0. The highest BCUT2D eigenvalue weighted by atomic mass is 15.9. The molecule has 0 rings (SSSR count). The van der Waals surface area contributed by atoms with Crippen molar-refractivity contribution < 1.29 is 0 Å². The fourth-order valence-corrected chi connectivity index (χ4v) is 0.282. The van der Waals surface area contributed by atoms with Crippen LogP contribution < -0.4 is 5.84 Å². The second-order valence-electron chi connectivity index (χ2n) is 1.91. The van der Waals surface area contributed by atoms with Crippen LogP contribution in [0.3, 0.4) is 0 Å². The Bertz CT molecular complexity index is 53.1. The van der Waals surface area contributed by atoms with E-state index in [0.29, 0.717) is 0 Å². The Morgan fingerprint density at radius 1 is 1.00 bits per heavy atom. The number of hydrazine groups is 3. The Hall–Kier alpha value is -0.160. The Labute approximate surface area is 50.4 Å². The lowest BCUT2D eigenvalue weighted by molar-refractivity contribution is -0.126. The molecule has 0 bridgehead atoms. The summed E-state index contributed by atoms with van der Waals surface area (Å²) >= 11 is 0. The zero-order chi connectivity index (χ0) is 6.73. The topological polar surface area (TPSA) is 35.7 Å². The van der Waals surface area contributed by atoms with E-state index in [1.165, 1.54) is 5.12 Å². The van der Waals surface area contributed by atoms with Gasteiger partial charge in [-0.25, -0.2) is 5.01 Å². The minimum Gasteiger partial charge on any atom is -0.254 e. The van der Waals surface area contributed by atoms with Crippen LogP contribution in [0.5, 0.6) is 0 Å². The largest absolute Gasteiger partial charge is 0.254 e. The van der Waals surface area contributed by atoms with E-state index in [2.05, 4.69) is 0 Å². The average Bonchev–Trinajstić information content (AvgIpc) is 1.64. The Kier molecular flexibility index (Phi) is 2.93. The molecule has 8 heavy (non-hydrogen) atoms. The molecule has 0 aliphatic rings. The maximum Gasteiger partial charge on any atom is 0.0192 e. The second kappa shape index (κ2) is 2.99. The molecular formula is C4H14N4. The summed E-state index contributed by atoms with van der Waals surface area (Å²) in [5, 5.41) is 5.15. The molecule has 0 saturated heterocycles. The summed E-state index contributed by atoms with van der Waals surface area (Å²) < 4.78 is 0. The predicted molar refractivity (Wildman–Crippen MR) is 33.4 cm³/mol. The molecule has 0 saturated carbocycles. The van der Waals surface area contributed by atoms with Crippen LogP contribution in [0, 0.1) is 0 Å². The zero-order valence-corrected chi connectivity index (χ0v) is 5.92. The Morgan fingerprint density at radius 2 is 1.38 bits per heavy atom. The van der Waals surface area contributed by atoms with Gasteiger partial charge in [-0.1, -0.05) is 0 Å². The van der Waals surface area contributed by atoms with Crippen molar-refractivity contribution in [2.24, 2.45) is 5.84 Å². The van der Waals surface area contributed by atoms with Crippen molar-refractivity contribution in [1.82, 2.24) is 15.2 Å². The minimum absolute atomic E-state index is 1.50. The molecule has 2 N–H and O–H groups in total. The van der Waals surface area contributed by atoms with Crippen molar-refractivity contribution in [3.8, 4) is 0 Å². The van der Waals surface area contributed by atoms with Gasteiger partial charge in [-0.05, 0) is 0 Å². The lowest BCUT2D eigenvalue weighted by Crippen LogP contribution is -2.48. The molecular weight excluding hydrogens is 104 g/mol. The van der Waals surface area contributed by atoms with Gasteiger partial charge in [-0.3, -0.25) is 5.84 Å². The standard InChI is InChI=1S/C4H14N4/c1-6(2)8(4)7(3)5/h5H2,1-4H3. The average molecular weight is 118 g/mol. The summed E-state index contributed by atoms with van der Waals surface area (Å²) in [6.45, 7) is 0. The van der Waals surface area contributed by atoms with Crippen molar-refractivity contribution in [1.29, 1.82) is 0 Å². The van der Waals surface area contributed by atoms with E-state index in [4.69, 9.17) is 5.84 Å². The number of hydrogen-bond donors (Lipinski definition) is 1. The van der Waals surface area contributed by atoms with Crippen molar-refractivity contribution in [2.45, 2.75) is 0 Å². The second-order valence-corrected chi connectivity index (χ2v) is 1.91. The highest BCUT2D eigenvalue weighted by molar-refractivity contribution is 4.25. The van der Waals surface area contributed by atoms with E-state index in [0.717, 1.165) is 0 Å². The van der Waals surface area contributed by atoms with Crippen LogP contribution in [0.4, 0.5) is 0 Å². The van der Waals surface area contributed by atoms with Gasteiger partial charge in [0.15, 0.2) is 0 Å². The molecule has 0 fully saturated rings. The van der Waals surface area contributed by atoms with Crippen molar-refractivity contribution >= 4 is 0 Å². The van der Waals surface area contributed by atoms with Gasteiger partial charge in [0, 0.05) is 28.2 Å². The van der Waals surface area contributed by atoms with Crippen molar-refractivity contribution in [3.05, 3.63) is 0 Å². The van der Waals surface area contributed by atoms with Gasteiger partial charge >= 0.3 is 0 Å². The molecule has 0 aliphatic carbocycles. The van der Waals surface area contributed by atoms with E-state index in [1.54, 1.807) is 12.2 Å². The van der Waals surface area contributed by atoms with Gasteiger partial charge in [0.1, 0.15) is 0 Å². The van der Waals surface area contributed by atoms with Gasteiger partial charge < -0.3 is 0 Å². The van der Waals surface area contributed by atoms with Crippen molar-refractivity contribution in [3.63, 3.8) is 0 Å². The van der Waals surface area contributed by atoms with Crippen LogP contribution in [0.2, 0.25) is 0 Å². The van der Waals surface area contributed by atoms with E-state index < -0.39 is 0 Å². The molecule has 4 heteroatoms. The predicted octanol–water partition coefficient (Wildman–Crippen LogP) is -0.885. The first-order valence-corrected chi connectivity index (χ1v) is 2.45. The monoisotopic (exact) mass is 118 g/mol. The number of hydrogen-bond acceptors (Lipinski definition) is 4. The number of nitrogens with two attached hydrogens (primary N) is 1. The van der Waals surface area contributed by atoms with Crippen LogP contribution in [0.1, 0.15) is 0 Å². The first-order valence-electron chi connectivity index (χ1n) is 2.45. The molecule has 0 atom stereocenters. The lowest BCUT2D eigenvalue weighted by Gasteiger charge is -2.29. The quantitative estimate of drug-likeness (QED) is 0.377. The molecule has 0 aromatic carbocycles. The third-order valence-electron chi connectivity index (χ3n) is 1.04. The number of rotatable bonds is 2. The van der Waals surface area contributed by atoms with Crippen LogP contribution >= 0.6 is 0 Å². The Balaban J connectivity index is 3.46. The Morgan fingerprint density at radius 3 is 1.38 bits per heavy atom. The highest BCUT2D eigenvalue weighted by Gasteiger charge is 1.99. The van der Waals surface area contributed by atoms with E-state index >= 15 is 0 Å². The summed E-state index contributed by atoms with van der Waals surface area (Å²) in [4.78, 5) is 0. The highest BCUT2D eigenvalue weighted by Crippen LogP contribution is 1.82. The van der Waals surface area contributed by atoms with E-state index in [1.807, 2.05) is 26.2 Å². The van der Waals surface area contributed by atoms with Crippen molar-refractivity contribution in [2.75, 3.05) is 28.2 Å². The van der Waals surface area contributed by atoms with Gasteiger partial charge in [-0.15, -0.1) is 0 Å². The molecule has 0 spiro atoms. The maximum absolute atomic E-state index is 5.35. The fourth-order valence-electron chi connectivity index (χ4n) is 0.282. The van der Waals surface area contributed by atoms with Crippen LogP contribution in [0.15, 0.2) is 0 Å².